The lowest BCUT2D eigenvalue weighted by atomic mass is 10.0. The molecule has 64 valence electrons. The number of hydrogen-bond donors (Lipinski definition) is 3. The van der Waals surface area contributed by atoms with Crippen LogP contribution in [-0.2, 0) is 9.53 Å². The van der Waals surface area contributed by atoms with E-state index in [-0.39, 0.29) is 0 Å². The van der Waals surface area contributed by atoms with Crippen molar-refractivity contribution in [1.29, 1.82) is 0 Å². The summed E-state index contributed by atoms with van der Waals surface area (Å²) in [5, 5.41) is 26.8. The van der Waals surface area contributed by atoms with Gasteiger partial charge in [0.15, 0.2) is 0 Å². The van der Waals surface area contributed by atoms with Gasteiger partial charge in [-0.1, -0.05) is 0 Å². The van der Waals surface area contributed by atoms with E-state index in [0.29, 0.717) is 0 Å². The number of hydrogen-bond acceptors (Lipinski definition) is 5. The van der Waals surface area contributed by atoms with Gasteiger partial charge in [0.05, 0.1) is 6.10 Å². The molecule has 1 saturated heterocycles. The summed E-state index contributed by atoms with van der Waals surface area (Å²) in [5.41, 5.74) is 0. The Bertz CT molecular complexity index is 168. The molecule has 1 unspecified atom stereocenters. The molecule has 0 bridgehead atoms. The van der Waals surface area contributed by atoms with Gasteiger partial charge in [-0.2, -0.15) is 0 Å². The highest BCUT2D eigenvalue weighted by Crippen LogP contribution is 2.15. The smallest absolute Gasteiger partial charge is 0.219 e. The van der Waals surface area contributed by atoms with Crippen LogP contribution < -0.4 is 0 Å². The summed E-state index contributed by atoms with van der Waals surface area (Å²) in [4.78, 5) is 10.7. The van der Waals surface area contributed by atoms with Crippen molar-refractivity contribution in [1.82, 2.24) is 0 Å². The van der Waals surface area contributed by atoms with E-state index in [1.807, 2.05) is 0 Å². The molecule has 0 aromatic carbocycles. The Kier molecular flexibility index (Phi) is 2.24. The van der Waals surface area contributed by atoms with E-state index in [2.05, 4.69) is 4.74 Å². The highest BCUT2D eigenvalue weighted by atomic mass is 16.6. The molecule has 3 N–H and O–H groups in total. The van der Waals surface area contributed by atoms with Crippen molar-refractivity contribution < 1.29 is 24.9 Å². The summed E-state index contributed by atoms with van der Waals surface area (Å²) < 4.78 is 4.58. The highest BCUT2D eigenvalue weighted by molar-refractivity contribution is 5.87. The fourth-order valence-corrected chi connectivity index (χ4v) is 0.922. The van der Waals surface area contributed by atoms with Crippen LogP contribution in [0.3, 0.4) is 0 Å². The zero-order chi connectivity index (χ0) is 8.59. The van der Waals surface area contributed by atoms with Crippen LogP contribution in [0.15, 0.2) is 0 Å². The topological polar surface area (TPSA) is 87.0 Å². The maximum atomic E-state index is 10.7. The number of aliphatic hydroxyl groups is 3. The lowest BCUT2D eigenvalue weighted by molar-refractivity contribution is -0.217. The van der Waals surface area contributed by atoms with E-state index in [0.717, 1.165) is 0 Å². The number of Topliss-reactive ketones (excluding diaryl/α,β-unsaturated/α-hetero) is 1. The molecule has 0 radical (unpaired) electrons. The number of aliphatic hydroxyl groups excluding tert-OH is 3. The first kappa shape index (κ1) is 8.61. The van der Waals surface area contributed by atoms with E-state index < -0.39 is 30.4 Å². The third-order valence-corrected chi connectivity index (χ3v) is 1.68. The molecule has 1 rings (SSSR count). The van der Waals surface area contributed by atoms with Gasteiger partial charge in [-0.3, -0.25) is 4.79 Å². The molecular formula is C6H10O5. The quantitative estimate of drug-likeness (QED) is 0.384. The normalized spacial score (nSPS) is 46.0. The van der Waals surface area contributed by atoms with Gasteiger partial charge in [0.25, 0.3) is 0 Å². The highest BCUT2D eigenvalue weighted by Gasteiger charge is 2.40. The molecule has 0 aliphatic carbocycles. The maximum absolute atomic E-state index is 10.7. The first-order valence-corrected chi connectivity index (χ1v) is 3.27. The Morgan fingerprint density at radius 1 is 1.36 bits per heavy atom. The van der Waals surface area contributed by atoms with Crippen molar-refractivity contribution >= 4 is 5.78 Å². The molecule has 5 nitrogen and oxygen atoms in total. The van der Waals surface area contributed by atoms with Gasteiger partial charge in [0, 0.05) is 0 Å². The predicted molar refractivity (Wildman–Crippen MR) is 33.6 cm³/mol. The standard InChI is InChI=1S/C6H10O5/c1-2-3(7)4(8)5(9)6(10)11-2/h2-4,6-8,10H,1H3/t2-,3+,4+,6?/m1/s1. The lowest BCUT2D eigenvalue weighted by Crippen LogP contribution is -2.53. The molecule has 0 amide bonds. The van der Waals surface area contributed by atoms with Gasteiger partial charge in [-0.15, -0.1) is 0 Å². The van der Waals surface area contributed by atoms with Crippen LogP contribution in [-0.4, -0.2) is 45.7 Å². The molecule has 1 aliphatic heterocycles. The zero-order valence-electron chi connectivity index (χ0n) is 5.97. The molecule has 0 aromatic heterocycles. The minimum absolute atomic E-state index is 0.724. The van der Waals surface area contributed by atoms with Crippen LogP contribution in [0.4, 0.5) is 0 Å². The fourth-order valence-electron chi connectivity index (χ4n) is 0.922. The van der Waals surface area contributed by atoms with Crippen molar-refractivity contribution in [2.24, 2.45) is 0 Å². The van der Waals surface area contributed by atoms with Gasteiger partial charge >= 0.3 is 0 Å². The monoisotopic (exact) mass is 162 g/mol. The Hall–Kier alpha value is -0.490. The number of ether oxygens (including phenoxy) is 1. The lowest BCUT2D eigenvalue weighted by Gasteiger charge is -2.31. The first-order valence-electron chi connectivity index (χ1n) is 3.27. The largest absolute Gasteiger partial charge is 0.387 e. The molecular weight excluding hydrogens is 152 g/mol. The number of rotatable bonds is 0. The predicted octanol–water partition coefficient (Wildman–Crippen LogP) is -1.99. The molecule has 0 saturated carbocycles. The SMILES string of the molecule is C[C@H]1OC(O)C(=O)[C@@H](O)[C@H]1O. The van der Waals surface area contributed by atoms with E-state index in [1.54, 1.807) is 0 Å². The second-order valence-electron chi connectivity index (χ2n) is 2.53. The average Bonchev–Trinajstić information content (AvgIpc) is 1.97. The molecule has 0 aromatic rings. The minimum Gasteiger partial charge on any atom is -0.387 e. The van der Waals surface area contributed by atoms with Gasteiger partial charge in [-0.05, 0) is 6.92 Å². The molecule has 5 heteroatoms. The molecule has 0 spiro atoms. The second-order valence-corrected chi connectivity index (χ2v) is 2.53. The van der Waals surface area contributed by atoms with Crippen LogP contribution in [0.25, 0.3) is 0 Å². The van der Waals surface area contributed by atoms with E-state index in [1.165, 1.54) is 6.92 Å². The Morgan fingerprint density at radius 2 is 1.91 bits per heavy atom. The van der Waals surface area contributed by atoms with Crippen LogP contribution in [0.2, 0.25) is 0 Å². The fraction of sp³-hybridized carbons (Fsp3) is 0.833. The van der Waals surface area contributed by atoms with E-state index in [4.69, 9.17) is 15.3 Å². The van der Waals surface area contributed by atoms with E-state index in [9.17, 15) is 4.79 Å². The third kappa shape index (κ3) is 1.41. The van der Waals surface area contributed by atoms with Crippen LogP contribution >= 0.6 is 0 Å². The van der Waals surface area contributed by atoms with E-state index >= 15 is 0 Å². The number of carbonyl (C=O) groups excluding carboxylic acids is 1. The molecule has 1 aliphatic rings. The minimum atomic E-state index is -1.61. The first-order chi connectivity index (χ1) is 5.04. The summed E-state index contributed by atoms with van der Waals surface area (Å²) >= 11 is 0. The molecule has 1 heterocycles. The number of ketones is 1. The summed E-state index contributed by atoms with van der Waals surface area (Å²) in [6.07, 6.45) is -5.11. The van der Waals surface area contributed by atoms with Gasteiger partial charge in [0.2, 0.25) is 12.1 Å². The molecule has 11 heavy (non-hydrogen) atoms. The van der Waals surface area contributed by atoms with Crippen molar-refractivity contribution in [3.63, 3.8) is 0 Å². The molecule has 1 fully saturated rings. The average molecular weight is 162 g/mol. The summed E-state index contributed by atoms with van der Waals surface area (Å²) in [6, 6.07) is 0. The Balaban J connectivity index is 2.70. The second kappa shape index (κ2) is 2.86. The Labute approximate surface area is 63.2 Å². The third-order valence-electron chi connectivity index (χ3n) is 1.68. The van der Waals surface area contributed by atoms with Crippen molar-refractivity contribution in [2.75, 3.05) is 0 Å². The Morgan fingerprint density at radius 3 is 2.45 bits per heavy atom. The summed E-state index contributed by atoms with van der Waals surface area (Å²) in [6.45, 7) is 1.46. The van der Waals surface area contributed by atoms with Gasteiger partial charge < -0.3 is 20.1 Å². The van der Waals surface area contributed by atoms with Crippen molar-refractivity contribution in [3.05, 3.63) is 0 Å². The van der Waals surface area contributed by atoms with Crippen molar-refractivity contribution in [2.45, 2.75) is 31.5 Å². The van der Waals surface area contributed by atoms with Crippen LogP contribution in [0, 0.1) is 0 Å². The number of carbonyl (C=O) groups is 1. The molecule has 4 atom stereocenters. The zero-order valence-corrected chi connectivity index (χ0v) is 5.97. The maximum Gasteiger partial charge on any atom is 0.219 e. The van der Waals surface area contributed by atoms with Crippen LogP contribution in [0.5, 0.6) is 0 Å². The van der Waals surface area contributed by atoms with Gasteiger partial charge in [-0.25, -0.2) is 0 Å². The van der Waals surface area contributed by atoms with Gasteiger partial charge in [0.1, 0.15) is 12.2 Å². The summed E-state index contributed by atoms with van der Waals surface area (Å²) in [5.74, 6) is -0.893. The van der Waals surface area contributed by atoms with Crippen LogP contribution in [0.1, 0.15) is 6.92 Å². The summed E-state index contributed by atoms with van der Waals surface area (Å²) in [7, 11) is 0. The van der Waals surface area contributed by atoms with Crippen molar-refractivity contribution in [3.8, 4) is 0 Å².